The van der Waals surface area contributed by atoms with Crippen LogP contribution in [0.1, 0.15) is 31.4 Å². The Morgan fingerprint density at radius 2 is 1.71 bits per heavy atom. The predicted octanol–water partition coefficient (Wildman–Crippen LogP) is 5.48. The lowest BCUT2D eigenvalue weighted by Gasteiger charge is -2.23. The molecule has 31 heavy (non-hydrogen) atoms. The number of para-hydroxylation sites is 1. The summed E-state index contributed by atoms with van der Waals surface area (Å²) < 4.78 is 5.17. The molecule has 0 aliphatic rings. The van der Waals surface area contributed by atoms with E-state index in [9.17, 15) is 9.59 Å². The Morgan fingerprint density at radius 1 is 0.903 bits per heavy atom. The molecule has 4 aromatic rings. The van der Waals surface area contributed by atoms with Crippen molar-refractivity contribution < 1.29 is 14.0 Å². The molecule has 2 aromatic heterocycles. The van der Waals surface area contributed by atoms with Gasteiger partial charge in [0.05, 0.1) is 24.1 Å². The topological polar surface area (TPSA) is 62.6 Å². The Balaban J connectivity index is 1.56. The molecule has 0 radical (unpaired) electrons. The fourth-order valence-corrected chi connectivity index (χ4v) is 4.01. The first-order valence-electron chi connectivity index (χ1n) is 10.00. The minimum atomic E-state index is -0.389. The Hall–Kier alpha value is -3.64. The molecule has 2 heterocycles. The van der Waals surface area contributed by atoms with E-state index in [0.717, 1.165) is 11.3 Å². The molecule has 0 unspecified atom stereocenters. The van der Waals surface area contributed by atoms with Crippen LogP contribution in [-0.2, 0) is 13.0 Å². The highest BCUT2D eigenvalue weighted by molar-refractivity contribution is 7.09. The molecule has 6 heteroatoms. The number of nitrogens with one attached hydrogen (secondary N) is 1. The van der Waals surface area contributed by atoms with Gasteiger partial charge in [0, 0.05) is 11.4 Å². The van der Waals surface area contributed by atoms with Gasteiger partial charge >= 0.3 is 0 Å². The Morgan fingerprint density at radius 3 is 2.45 bits per heavy atom. The number of anilines is 1. The average Bonchev–Trinajstić information content (AvgIpc) is 3.52. The molecule has 0 fully saturated rings. The number of amides is 2. The number of rotatable bonds is 8. The van der Waals surface area contributed by atoms with Crippen molar-refractivity contribution in [3.63, 3.8) is 0 Å². The molecule has 0 bridgehead atoms. The summed E-state index contributed by atoms with van der Waals surface area (Å²) >= 11 is 1.62. The van der Waals surface area contributed by atoms with Crippen molar-refractivity contribution in [2.24, 2.45) is 0 Å². The zero-order chi connectivity index (χ0) is 21.5. The van der Waals surface area contributed by atoms with Crippen LogP contribution in [0, 0.1) is 0 Å². The van der Waals surface area contributed by atoms with E-state index in [-0.39, 0.29) is 17.6 Å². The first kappa shape index (κ1) is 20.6. The molecule has 0 saturated heterocycles. The minimum Gasteiger partial charge on any atom is -0.459 e. The zero-order valence-corrected chi connectivity index (χ0v) is 17.7. The summed E-state index contributed by atoms with van der Waals surface area (Å²) in [6.45, 7) is 1.09. The van der Waals surface area contributed by atoms with Crippen LogP contribution in [0.25, 0.3) is 0 Å². The Labute approximate surface area is 184 Å². The highest BCUT2D eigenvalue weighted by Gasteiger charge is 2.21. The van der Waals surface area contributed by atoms with Gasteiger partial charge in [-0.1, -0.05) is 48.5 Å². The van der Waals surface area contributed by atoms with Gasteiger partial charge in [-0.15, -0.1) is 11.3 Å². The second kappa shape index (κ2) is 9.91. The molecule has 2 amide bonds. The first-order chi connectivity index (χ1) is 15.2. The van der Waals surface area contributed by atoms with Crippen molar-refractivity contribution in [2.75, 3.05) is 11.9 Å². The molecular weight excluding hydrogens is 408 g/mol. The lowest BCUT2D eigenvalue weighted by molar-refractivity contribution is 0.0748. The van der Waals surface area contributed by atoms with Gasteiger partial charge in [0.15, 0.2) is 5.76 Å². The lowest BCUT2D eigenvalue weighted by Crippen LogP contribution is -2.33. The third-order valence-corrected chi connectivity index (χ3v) is 5.74. The second-order valence-electron chi connectivity index (χ2n) is 7.02. The van der Waals surface area contributed by atoms with Gasteiger partial charge in [0.1, 0.15) is 0 Å². The average molecular weight is 431 g/mol. The summed E-state index contributed by atoms with van der Waals surface area (Å²) in [6, 6.07) is 24.4. The van der Waals surface area contributed by atoms with Gasteiger partial charge in [0.25, 0.3) is 11.8 Å². The molecule has 0 aliphatic carbocycles. The molecule has 5 nitrogen and oxygen atoms in total. The van der Waals surface area contributed by atoms with Crippen LogP contribution in [0.5, 0.6) is 0 Å². The van der Waals surface area contributed by atoms with Crippen molar-refractivity contribution >= 4 is 28.8 Å². The van der Waals surface area contributed by atoms with Crippen LogP contribution in [0.4, 0.5) is 5.69 Å². The molecule has 1 N–H and O–H groups in total. The lowest BCUT2D eigenvalue weighted by atomic mass is 10.1. The fraction of sp³-hybridized carbons (Fsp3) is 0.120. The van der Waals surface area contributed by atoms with Crippen LogP contribution in [-0.4, -0.2) is 23.3 Å². The smallest absolute Gasteiger partial charge is 0.291 e. The van der Waals surface area contributed by atoms with Gasteiger partial charge in [-0.05, 0) is 47.7 Å². The minimum absolute atomic E-state index is 0.125. The molecule has 2 aromatic carbocycles. The van der Waals surface area contributed by atoms with Crippen LogP contribution in [0.3, 0.4) is 0 Å². The molecule has 0 spiro atoms. The maximum Gasteiger partial charge on any atom is 0.291 e. The quantitative estimate of drug-likeness (QED) is 0.403. The number of hydrogen-bond donors (Lipinski definition) is 1. The van der Waals surface area contributed by atoms with E-state index < -0.39 is 0 Å². The molecule has 0 saturated carbocycles. The summed E-state index contributed by atoms with van der Waals surface area (Å²) in [7, 11) is 0. The van der Waals surface area contributed by atoms with E-state index in [0.29, 0.717) is 24.3 Å². The Bertz CT molecular complexity index is 1120. The monoisotopic (exact) mass is 430 g/mol. The second-order valence-corrected chi connectivity index (χ2v) is 8.05. The largest absolute Gasteiger partial charge is 0.459 e. The van der Waals surface area contributed by atoms with Crippen LogP contribution in [0.2, 0.25) is 0 Å². The standard InChI is InChI=1S/C25H22N2O3S/c28-24(23-13-6-16-30-23)26-22-12-5-4-11-21(22)25(29)27(18-20-10-7-17-31-20)15-14-19-8-2-1-3-9-19/h1-13,16-17H,14-15,18H2,(H,26,28). The SMILES string of the molecule is O=C(Nc1ccccc1C(=O)N(CCc1ccccc1)Cc1cccs1)c1ccco1. The van der Waals surface area contributed by atoms with Crippen molar-refractivity contribution in [1.29, 1.82) is 0 Å². The fourth-order valence-electron chi connectivity index (χ4n) is 3.29. The molecule has 4 rings (SSSR count). The van der Waals surface area contributed by atoms with Gasteiger partial charge < -0.3 is 14.6 Å². The van der Waals surface area contributed by atoms with Gasteiger partial charge in [-0.3, -0.25) is 9.59 Å². The van der Waals surface area contributed by atoms with Crippen LogP contribution in [0.15, 0.2) is 94.9 Å². The van der Waals surface area contributed by atoms with Crippen molar-refractivity contribution in [3.8, 4) is 0 Å². The highest BCUT2D eigenvalue weighted by atomic mass is 32.1. The highest BCUT2D eigenvalue weighted by Crippen LogP contribution is 2.21. The van der Waals surface area contributed by atoms with Crippen LogP contribution >= 0.6 is 11.3 Å². The van der Waals surface area contributed by atoms with Gasteiger partial charge in [0.2, 0.25) is 0 Å². The summed E-state index contributed by atoms with van der Waals surface area (Å²) in [5.41, 5.74) is 2.09. The van der Waals surface area contributed by atoms with E-state index in [1.165, 1.54) is 11.8 Å². The molecule has 0 aliphatic heterocycles. The van der Waals surface area contributed by atoms with E-state index in [1.807, 2.05) is 40.6 Å². The Kier molecular flexibility index (Phi) is 6.59. The summed E-state index contributed by atoms with van der Waals surface area (Å²) in [5, 5.41) is 4.81. The first-order valence-corrected chi connectivity index (χ1v) is 10.9. The number of carbonyl (C=O) groups excluding carboxylic acids is 2. The van der Waals surface area contributed by atoms with Gasteiger partial charge in [-0.25, -0.2) is 0 Å². The number of hydrogen-bond acceptors (Lipinski definition) is 4. The number of furan rings is 1. The van der Waals surface area contributed by atoms with E-state index >= 15 is 0 Å². The summed E-state index contributed by atoms with van der Waals surface area (Å²) in [4.78, 5) is 28.9. The zero-order valence-electron chi connectivity index (χ0n) is 16.9. The molecular formula is C25H22N2O3S. The third-order valence-electron chi connectivity index (χ3n) is 4.88. The maximum atomic E-state index is 13.5. The van der Waals surface area contributed by atoms with Crippen molar-refractivity contribution in [3.05, 3.63) is 112 Å². The van der Waals surface area contributed by atoms with Gasteiger partial charge in [-0.2, -0.15) is 0 Å². The summed E-state index contributed by atoms with van der Waals surface area (Å²) in [5.74, 6) is -0.319. The number of nitrogens with zero attached hydrogens (tertiary/aromatic N) is 1. The summed E-state index contributed by atoms with van der Waals surface area (Å²) in [6.07, 6.45) is 2.19. The number of carbonyl (C=O) groups is 2. The van der Waals surface area contributed by atoms with E-state index in [2.05, 4.69) is 17.4 Å². The number of benzene rings is 2. The van der Waals surface area contributed by atoms with E-state index in [4.69, 9.17) is 4.42 Å². The van der Waals surface area contributed by atoms with Crippen molar-refractivity contribution in [1.82, 2.24) is 4.90 Å². The third kappa shape index (κ3) is 5.29. The predicted molar refractivity (Wildman–Crippen MR) is 122 cm³/mol. The number of thiophene rings is 1. The molecule has 156 valence electrons. The normalized spacial score (nSPS) is 10.6. The van der Waals surface area contributed by atoms with E-state index in [1.54, 1.807) is 47.7 Å². The molecule has 0 atom stereocenters. The van der Waals surface area contributed by atoms with Crippen LogP contribution < -0.4 is 5.32 Å². The van der Waals surface area contributed by atoms with Crippen molar-refractivity contribution in [2.45, 2.75) is 13.0 Å². The maximum absolute atomic E-state index is 13.5.